The molecule has 3 amide bonds. The van der Waals surface area contributed by atoms with E-state index < -0.39 is 12.1 Å². The topological polar surface area (TPSA) is 129 Å². The van der Waals surface area contributed by atoms with Crippen molar-refractivity contribution in [1.29, 1.82) is 0 Å². The van der Waals surface area contributed by atoms with Crippen molar-refractivity contribution in [2.24, 2.45) is 5.92 Å². The van der Waals surface area contributed by atoms with Crippen LogP contribution in [0.2, 0.25) is 10.0 Å². The van der Waals surface area contributed by atoms with Gasteiger partial charge in [-0.15, -0.1) is 0 Å². The summed E-state index contributed by atoms with van der Waals surface area (Å²) < 4.78 is 17.9. The Kier molecular flexibility index (Phi) is 13.5. The van der Waals surface area contributed by atoms with E-state index >= 15 is 0 Å². The predicted molar refractivity (Wildman–Crippen MR) is 188 cm³/mol. The van der Waals surface area contributed by atoms with Crippen LogP contribution in [0.1, 0.15) is 67.4 Å². The van der Waals surface area contributed by atoms with Crippen molar-refractivity contribution in [3.63, 3.8) is 0 Å². The van der Waals surface area contributed by atoms with Crippen molar-refractivity contribution in [2.45, 2.75) is 78.7 Å². The second-order valence-corrected chi connectivity index (χ2v) is 13.5. The number of hydrogen-bond acceptors (Lipinski definition) is 8. The van der Waals surface area contributed by atoms with E-state index in [0.29, 0.717) is 64.9 Å². The number of anilines is 2. The summed E-state index contributed by atoms with van der Waals surface area (Å²) in [7, 11) is 2.02. The van der Waals surface area contributed by atoms with Crippen LogP contribution in [-0.2, 0) is 11.3 Å². The molecule has 1 aliphatic heterocycles. The first kappa shape index (κ1) is 37.5. The molecule has 0 radical (unpaired) electrons. The lowest BCUT2D eigenvalue weighted by atomic mass is 10.0. The first-order valence-electron chi connectivity index (χ1n) is 16.3. The third-order valence-corrected chi connectivity index (χ3v) is 9.25. The number of likely N-dealkylation sites (N-methyl/N-ethyl adjacent to an activating group) is 1. The fraction of sp³-hybridized carbons (Fsp3) is 0.514. The van der Waals surface area contributed by atoms with Crippen molar-refractivity contribution in [2.75, 3.05) is 44.0 Å². The highest BCUT2D eigenvalue weighted by Crippen LogP contribution is 2.29. The molecular formula is C35H47Cl2N5O6. The first-order chi connectivity index (χ1) is 22.9. The van der Waals surface area contributed by atoms with Gasteiger partial charge in [0.15, 0.2) is 5.76 Å². The van der Waals surface area contributed by atoms with E-state index in [1.165, 1.54) is 0 Å². The molecule has 0 aliphatic carbocycles. The lowest BCUT2D eigenvalue weighted by Gasteiger charge is -2.36. The average Bonchev–Trinajstić information content (AvgIpc) is 3.36. The van der Waals surface area contributed by atoms with Crippen LogP contribution in [-0.4, -0.2) is 83.6 Å². The molecule has 0 bridgehead atoms. The van der Waals surface area contributed by atoms with Gasteiger partial charge in [0.2, 0.25) is 0 Å². The van der Waals surface area contributed by atoms with E-state index in [1.807, 2.05) is 33.0 Å². The molecule has 0 fully saturated rings. The van der Waals surface area contributed by atoms with Crippen molar-refractivity contribution in [1.82, 2.24) is 15.0 Å². The summed E-state index contributed by atoms with van der Waals surface area (Å²) in [6.07, 6.45) is 2.15. The minimum atomic E-state index is -0.508. The number of aromatic nitrogens is 1. The zero-order chi connectivity index (χ0) is 35.0. The summed E-state index contributed by atoms with van der Waals surface area (Å²) in [6, 6.07) is 9.63. The van der Waals surface area contributed by atoms with Crippen LogP contribution in [0.25, 0.3) is 0 Å². The molecule has 11 nitrogen and oxygen atoms in total. The molecule has 48 heavy (non-hydrogen) atoms. The molecule has 4 atom stereocenters. The maximum Gasteiger partial charge on any atom is 0.323 e. The Morgan fingerprint density at radius 3 is 2.58 bits per heavy atom. The van der Waals surface area contributed by atoms with Crippen molar-refractivity contribution >= 4 is 46.5 Å². The average molecular weight is 705 g/mol. The standard InChI is InChI=1S/C35H47Cl2N5O6/c1-21-17-42(22(2)20-43)34(44)28-16-27(38-35(45)39-33-24(4)40-48-25(33)5)11-13-31(28)47-23(3)9-7-8-14-46-32(21)19-41(6)18-26-10-12-29(36)30(37)15-26/h10-13,15-16,21-23,32,43H,7-9,14,17-20H2,1-6H3,(H2,38,39,45)/t21-,22+,23+,32+/m0/s1. The van der Waals surface area contributed by atoms with Crippen molar-refractivity contribution < 1.29 is 28.7 Å². The number of nitrogens with one attached hydrogen (secondary N) is 2. The molecule has 2 heterocycles. The summed E-state index contributed by atoms with van der Waals surface area (Å²) in [4.78, 5) is 31.1. The molecule has 1 aliphatic rings. The third kappa shape index (κ3) is 10.1. The van der Waals surface area contributed by atoms with Gasteiger partial charge in [-0.2, -0.15) is 0 Å². The van der Waals surface area contributed by atoms with Gasteiger partial charge in [0.05, 0.1) is 40.5 Å². The van der Waals surface area contributed by atoms with Gasteiger partial charge in [0, 0.05) is 37.8 Å². The number of nitrogens with zero attached hydrogens (tertiary/aromatic N) is 3. The number of halogens is 2. The highest BCUT2D eigenvalue weighted by atomic mass is 35.5. The molecule has 0 saturated heterocycles. The lowest BCUT2D eigenvalue weighted by molar-refractivity contribution is -0.0177. The number of aliphatic hydroxyl groups excluding tert-OH is 1. The second kappa shape index (κ2) is 17.3. The van der Waals surface area contributed by atoms with Crippen LogP contribution in [0.4, 0.5) is 16.2 Å². The zero-order valence-corrected chi connectivity index (χ0v) is 30.0. The van der Waals surface area contributed by atoms with Gasteiger partial charge >= 0.3 is 6.03 Å². The zero-order valence-electron chi connectivity index (χ0n) is 28.5. The maximum absolute atomic E-state index is 14.4. The number of amides is 3. The molecule has 4 rings (SSSR count). The van der Waals surface area contributed by atoms with Crippen LogP contribution in [0, 0.1) is 19.8 Å². The molecule has 1 aromatic heterocycles. The fourth-order valence-corrected chi connectivity index (χ4v) is 6.04. The lowest BCUT2D eigenvalue weighted by Crippen LogP contribution is -2.47. The van der Waals surface area contributed by atoms with Crippen LogP contribution in [0.5, 0.6) is 5.75 Å². The SMILES string of the molecule is Cc1noc(C)c1NC(=O)Nc1ccc2c(c1)C(=O)N([C@H](C)CO)C[C@H](C)[C@@H](CN(C)Cc1ccc(Cl)c(Cl)c1)OCCCC[C@@H](C)O2. The van der Waals surface area contributed by atoms with E-state index in [0.717, 1.165) is 24.8 Å². The summed E-state index contributed by atoms with van der Waals surface area (Å²) in [6.45, 7) is 11.2. The van der Waals surface area contributed by atoms with Gasteiger partial charge in [-0.05, 0) is 89.9 Å². The van der Waals surface area contributed by atoms with Crippen LogP contribution >= 0.6 is 23.2 Å². The number of carbonyl (C=O) groups excluding carboxylic acids is 2. The number of fused-ring (bicyclic) bond motifs is 1. The summed E-state index contributed by atoms with van der Waals surface area (Å²) >= 11 is 12.4. The maximum atomic E-state index is 14.4. The molecule has 0 spiro atoms. The largest absolute Gasteiger partial charge is 0.490 e. The van der Waals surface area contributed by atoms with Crippen molar-refractivity contribution in [3.8, 4) is 5.75 Å². The van der Waals surface area contributed by atoms with E-state index in [9.17, 15) is 14.7 Å². The number of aliphatic hydroxyl groups is 1. The molecule has 3 aromatic rings. The fourth-order valence-electron chi connectivity index (χ4n) is 5.72. The molecule has 3 N–H and O–H groups in total. The van der Waals surface area contributed by atoms with E-state index in [1.54, 1.807) is 43.0 Å². The minimum Gasteiger partial charge on any atom is -0.490 e. The Balaban J connectivity index is 1.59. The van der Waals surface area contributed by atoms with Gasteiger partial charge in [-0.1, -0.05) is 41.3 Å². The highest BCUT2D eigenvalue weighted by molar-refractivity contribution is 6.42. The second-order valence-electron chi connectivity index (χ2n) is 12.7. The Hall–Kier alpha value is -3.35. The molecule has 0 saturated carbocycles. The third-order valence-electron chi connectivity index (χ3n) is 8.51. The molecule has 2 aromatic carbocycles. The van der Waals surface area contributed by atoms with Gasteiger partial charge in [-0.3, -0.25) is 9.69 Å². The smallest absolute Gasteiger partial charge is 0.323 e. The molecule has 262 valence electrons. The van der Waals surface area contributed by atoms with Gasteiger partial charge in [0.1, 0.15) is 17.1 Å². The summed E-state index contributed by atoms with van der Waals surface area (Å²) in [5, 5.41) is 20.7. The first-order valence-corrected chi connectivity index (χ1v) is 17.1. The summed E-state index contributed by atoms with van der Waals surface area (Å²) in [5.41, 5.74) is 2.75. The number of urea groups is 1. The highest BCUT2D eigenvalue weighted by Gasteiger charge is 2.30. The Labute approximate surface area is 292 Å². The molecule has 0 unspecified atom stereocenters. The van der Waals surface area contributed by atoms with E-state index in [-0.39, 0.29) is 36.2 Å². The van der Waals surface area contributed by atoms with Crippen LogP contribution in [0.15, 0.2) is 40.9 Å². The van der Waals surface area contributed by atoms with Crippen molar-refractivity contribution in [3.05, 3.63) is 69.0 Å². The summed E-state index contributed by atoms with van der Waals surface area (Å²) in [5.74, 6) is 0.487. The number of carbonyl (C=O) groups is 2. The van der Waals surface area contributed by atoms with Crippen LogP contribution < -0.4 is 15.4 Å². The van der Waals surface area contributed by atoms with Gasteiger partial charge in [0.25, 0.3) is 5.91 Å². The van der Waals surface area contributed by atoms with E-state index in [4.69, 9.17) is 37.2 Å². The molecule has 13 heteroatoms. The molecular weight excluding hydrogens is 657 g/mol. The number of benzene rings is 2. The van der Waals surface area contributed by atoms with Crippen LogP contribution in [0.3, 0.4) is 0 Å². The number of hydrogen-bond donors (Lipinski definition) is 3. The number of aryl methyl sites for hydroxylation is 2. The minimum absolute atomic E-state index is 0.0902. The normalized spacial score (nSPS) is 20.1. The predicted octanol–water partition coefficient (Wildman–Crippen LogP) is 7.17. The van der Waals surface area contributed by atoms with E-state index in [2.05, 4.69) is 27.6 Å². The Morgan fingerprint density at radius 2 is 1.90 bits per heavy atom. The van der Waals surface area contributed by atoms with Gasteiger partial charge < -0.3 is 34.6 Å². The monoisotopic (exact) mass is 703 g/mol. The number of ether oxygens (including phenoxy) is 2. The Morgan fingerprint density at radius 1 is 1.12 bits per heavy atom. The number of rotatable bonds is 8. The quantitative estimate of drug-likeness (QED) is 0.225. The Bertz CT molecular complexity index is 1530. The van der Waals surface area contributed by atoms with Gasteiger partial charge in [-0.25, -0.2) is 4.79 Å².